The van der Waals surface area contributed by atoms with Gasteiger partial charge in [-0.25, -0.2) is 19.2 Å². The number of benzene rings is 4. The Hall–Kier alpha value is -7.40. The molecular weight excluding hydrogens is 760 g/mol. The van der Waals surface area contributed by atoms with Crippen molar-refractivity contribution in [2.24, 2.45) is 0 Å². The quantitative estimate of drug-likeness (QED) is 0.0452. The summed E-state index contributed by atoms with van der Waals surface area (Å²) in [5, 5.41) is 122. The minimum absolute atomic E-state index is 0.273. The van der Waals surface area contributed by atoms with Crippen LogP contribution >= 0.6 is 0 Å². The largest absolute Gasteiger partial charge is 0.504 e. The summed E-state index contributed by atoms with van der Waals surface area (Å²) in [6, 6.07) is 3.32. The van der Waals surface area contributed by atoms with Gasteiger partial charge in [0.25, 0.3) is 0 Å². The van der Waals surface area contributed by atoms with E-state index in [1.807, 2.05) is 0 Å². The number of hydrogen-bond acceptors (Lipinski definition) is 22. The van der Waals surface area contributed by atoms with Crippen molar-refractivity contribution >= 4 is 44.6 Å². The Bertz CT molecular complexity index is 2710. The molecule has 56 heavy (non-hydrogen) atoms. The number of ether oxygens (including phenoxy) is 4. The van der Waals surface area contributed by atoms with Crippen molar-refractivity contribution in [2.75, 3.05) is 6.61 Å². The summed E-state index contributed by atoms with van der Waals surface area (Å²) in [4.78, 5) is 52.7. The molecule has 0 bridgehead atoms. The molecule has 1 aliphatic heterocycles. The van der Waals surface area contributed by atoms with Crippen LogP contribution in [0.1, 0.15) is 20.7 Å². The van der Waals surface area contributed by atoms with Crippen molar-refractivity contribution in [1.82, 2.24) is 0 Å². The Morgan fingerprint density at radius 2 is 1.16 bits per heavy atom. The predicted octanol–water partition coefficient (Wildman–Crippen LogP) is 0.454. The SMILES string of the molecule is O=C(O[C@H]1C(O)O[C@H](CO)[C@@H](O)[C@@H]1OC(=O)c1cc(O)c(O)c(O)c1Oc1cc2c(=O)oc3c(O)c(O)cc4c(=O)oc(c1O)c2c34)c1cc(O)c(O)c(O)c1. The van der Waals surface area contributed by atoms with Crippen LogP contribution < -0.4 is 16.0 Å². The minimum atomic E-state index is -2.27. The van der Waals surface area contributed by atoms with Gasteiger partial charge in [0.05, 0.1) is 22.9 Å². The van der Waals surface area contributed by atoms with E-state index in [1.54, 1.807) is 0 Å². The third-order valence-corrected chi connectivity index (χ3v) is 8.78. The molecule has 1 aliphatic rings. The van der Waals surface area contributed by atoms with E-state index < -0.39 is 151 Å². The lowest BCUT2D eigenvalue weighted by molar-refractivity contribution is -0.285. The molecule has 292 valence electrons. The molecule has 7 rings (SSSR count). The van der Waals surface area contributed by atoms with Crippen molar-refractivity contribution in [3.63, 3.8) is 0 Å². The van der Waals surface area contributed by atoms with Crippen LogP contribution in [0.2, 0.25) is 0 Å². The van der Waals surface area contributed by atoms with Gasteiger partial charge >= 0.3 is 23.2 Å². The number of carbonyl (C=O) groups excluding carboxylic acids is 2. The first kappa shape index (κ1) is 36.9. The molecule has 2 aromatic heterocycles. The van der Waals surface area contributed by atoms with Gasteiger partial charge in [-0.3, -0.25) is 0 Å². The molecule has 0 radical (unpaired) electrons. The molecule has 0 aliphatic carbocycles. The Morgan fingerprint density at radius 3 is 1.77 bits per heavy atom. The number of phenols is 9. The Balaban J connectivity index is 1.30. The molecule has 1 fully saturated rings. The molecule has 0 spiro atoms. The number of esters is 2. The molecule has 3 heterocycles. The van der Waals surface area contributed by atoms with Gasteiger partial charge in [0.2, 0.25) is 23.0 Å². The van der Waals surface area contributed by atoms with Gasteiger partial charge < -0.3 is 89.1 Å². The first-order valence-electron chi connectivity index (χ1n) is 15.6. The molecule has 1 saturated heterocycles. The van der Waals surface area contributed by atoms with Crippen molar-refractivity contribution in [1.29, 1.82) is 0 Å². The number of rotatable bonds is 7. The second-order valence-electron chi connectivity index (χ2n) is 12.2. The van der Waals surface area contributed by atoms with E-state index >= 15 is 0 Å². The topological polar surface area (TPSA) is 374 Å². The number of hydrogen-bond donors (Lipinski definition) is 12. The van der Waals surface area contributed by atoms with Crippen molar-refractivity contribution in [2.45, 2.75) is 30.7 Å². The maximum absolute atomic E-state index is 13.8. The third-order valence-electron chi connectivity index (χ3n) is 8.78. The second-order valence-corrected chi connectivity index (χ2v) is 12.2. The lowest BCUT2D eigenvalue weighted by Gasteiger charge is -2.41. The first-order valence-corrected chi connectivity index (χ1v) is 15.6. The summed E-state index contributed by atoms with van der Waals surface area (Å²) in [5.41, 5.74) is -5.57. The number of carbonyl (C=O) groups is 2. The van der Waals surface area contributed by atoms with E-state index in [0.717, 1.165) is 12.1 Å². The van der Waals surface area contributed by atoms with Crippen LogP contribution in [0.4, 0.5) is 0 Å². The maximum Gasteiger partial charge on any atom is 0.344 e. The van der Waals surface area contributed by atoms with Crippen LogP contribution in [0.3, 0.4) is 0 Å². The van der Waals surface area contributed by atoms with E-state index in [1.165, 1.54) is 0 Å². The lowest BCUT2D eigenvalue weighted by Crippen LogP contribution is -2.61. The average Bonchev–Trinajstić information content (AvgIpc) is 3.15. The molecule has 5 atom stereocenters. The molecule has 6 aromatic rings. The van der Waals surface area contributed by atoms with Gasteiger partial charge in [-0.1, -0.05) is 0 Å². The molecule has 0 amide bonds. The van der Waals surface area contributed by atoms with Gasteiger partial charge in [0, 0.05) is 22.9 Å². The number of aromatic hydroxyl groups is 9. The second kappa shape index (κ2) is 13.2. The van der Waals surface area contributed by atoms with Crippen molar-refractivity contribution in [3.05, 3.63) is 62.3 Å². The van der Waals surface area contributed by atoms with E-state index in [0.29, 0.717) is 18.2 Å². The van der Waals surface area contributed by atoms with Crippen LogP contribution in [0.5, 0.6) is 63.2 Å². The summed E-state index contributed by atoms with van der Waals surface area (Å²) < 4.78 is 31.4. The summed E-state index contributed by atoms with van der Waals surface area (Å²) in [6.07, 6.45) is -10.5. The molecule has 22 heteroatoms. The summed E-state index contributed by atoms with van der Waals surface area (Å²) in [7, 11) is 0. The van der Waals surface area contributed by atoms with Crippen LogP contribution in [0.25, 0.3) is 32.7 Å². The number of phenolic OH excluding ortho intramolecular Hbond substituents is 9. The monoisotopic (exact) mass is 784 g/mol. The van der Waals surface area contributed by atoms with E-state index in [-0.39, 0.29) is 16.2 Å². The molecule has 0 saturated carbocycles. The number of aliphatic hydroxyl groups is 3. The van der Waals surface area contributed by atoms with Crippen molar-refractivity contribution < 1.29 is 98.6 Å². The van der Waals surface area contributed by atoms with Gasteiger partial charge in [-0.15, -0.1) is 0 Å². The highest BCUT2D eigenvalue weighted by atomic mass is 16.7. The normalized spacial score (nSPS) is 19.7. The molecule has 22 nitrogen and oxygen atoms in total. The highest BCUT2D eigenvalue weighted by Gasteiger charge is 2.50. The Labute approximate surface area is 306 Å². The zero-order chi connectivity index (χ0) is 40.7. The van der Waals surface area contributed by atoms with Gasteiger partial charge in [-0.2, -0.15) is 0 Å². The zero-order valence-corrected chi connectivity index (χ0v) is 27.4. The summed E-state index contributed by atoms with van der Waals surface area (Å²) in [6.45, 7) is -1.01. The Morgan fingerprint density at radius 1 is 0.625 bits per heavy atom. The fourth-order valence-corrected chi connectivity index (χ4v) is 6.06. The summed E-state index contributed by atoms with van der Waals surface area (Å²) >= 11 is 0. The van der Waals surface area contributed by atoms with Crippen molar-refractivity contribution in [3.8, 4) is 63.2 Å². The Kier molecular flexibility index (Phi) is 8.69. The minimum Gasteiger partial charge on any atom is -0.504 e. The van der Waals surface area contributed by atoms with Crippen LogP contribution in [-0.4, -0.2) is 111 Å². The van der Waals surface area contributed by atoms with Gasteiger partial charge in [0.1, 0.15) is 17.8 Å². The lowest BCUT2D eigenvalue weighted by atomic mass is 9.98. The molecule has 12 N–H and O–H groups in total. The fourth-order valence-electron chi connectivity index (χ4n) is 6.06. The van der Waals surface area contributed by atoms with Crippen LogP contribution in [0.15, 0.2) is 48.8 Å². The van der Waals surface area contributed by atoms with E-state index in [2.05, 4.69) is 0 Å². The standard InChI is InChI=1S/C34H24O22/c35-6-16-23(44)28(29(34(50)52-16)56-30(46)7-1-11(36)19(40)12(37)2-7)55-33(49)10-4-13(38)20(41)24(45)25(10)51-15-5-9-18-17-8(31(47)54-27(18)22(15)43)3-14(39)21(42)26(17)53-32(9)48/h1-5,16,23,28-29,34-45,50H,6H2/t16-,23-,28+,29-,34?/m1/s1. The third kappa shape index (κ3) is 5.68. The predicted molar refractivity (Wildman–Crippen MR) is 178 cm³/mol. The smallest absolute Gasteiger partial charge is 0.344 e. The van der Waals surface area contributed by atoms with Crippen LogP contribution in [0, 0.1) is 0 Å². The fraction of sp³-hybridized carbons (Fsp3) is 0.176. The van der Waals surface area contributed by atoms with E-state index in [9.17, 15) is 80.5 Å². The molecular formula is C34H24O22. The zero-order valence-electron chi connectivity index (χ0n) is 27.4. The number of aliphatic hydroxyl groups excluding tert-OH is 3. The highest BCUT2D eigenvalue weighted by molar-refractivity contribution is 6.22. The first-order chi connectivity index (χ1) is 26.4. The van der Waals surface area contributed by atoms with Gasteiger partial charge in [-0.05, 0) is 18.2 Å². The molecule has 1 unspecified atom stereocenters. The highest BCUT2D eigenvalue weighted by Crippen LogP contribution is 2.50. The maximum atomic E-state index is 13.8. The summed E-state index contributed by atoms with van der Waals surface area (Å²) in [5.74, 6) is -14.9. The average molecular weight is 785 g/mol. The van der Waals surface area contributed by atoms with Crippen LogP contribution in [-0.2, 0) is 14.2 Å². The van der Waals surface area contributed by atoms with E-state index in [4.69, 9.17) is 27.8 Å². The van der Waals surface area contributed by atoms with Gasteiger partial charge in [0.15, 0.2) is 69.9 Å². The molecule has 4 aromatic carbocycles.